The van der Waals surface area contributed by atoms with E-state index in [4.69, 9.17) is 40.9 Å². The number of carbonyl (C=O) groups is 6. The average Bonchev–Trinajstić information content (AvgIpc) is 2.95. The highest BCUT2D eigenvalue weighted by molar-refractivity contribution is 5.88. The molecule has 0 radical (unpaired) electrons. The van der Waals surface area contributed by atoms with Crippen molar-refractivity contribution in [3.63, 3.8) is 0 Å². The second-order valence-electron chi connectivity index (χ2n) is 9.46. The molecule has 0 aromatic rings. The van der Waals surface area contributed by atoms with E-state index in [0.29, 0.717) is 0 Å². The van der Waals surface area contributed by atoms with Gasteiger partial charge in [-0.05, 0) is 0 Å². The van der Waals surface area contributed by atoms with Gasteiger partial charge in [0.15, 0.2) is 11.2 Å². The molecule has 22 heteroatoms. The third kappa shape index (κ3) is 29.1. The van der Waals surface area contributed by atoms with Crippen LogP contribution in [0.15, 0.2) is 0 Å². The molecule has 0 atom stereocenters. The van der Waals surface area contributed by atoms with E-state index < -0.39 is 72.7 Å². The Balaban J connectivity index is -0.000000247. The number of nitrogens with one attached hydrogen (secondary N) is 6. The summed E-state index contributed by atoms with van der Waals surface area (Å²) in [4.78, 5) is 61.0. The number of carboxylic acids is 6. The number of aliphatic hydroxyl groups is 2. The summed E-state index contributed by atoms with van der Waals surface area (Å²) in [5, 5.41) is 87.0. The van der Waals surface area contributed by atoms with E-state index >= 15 is 0 Å². The van der Waals surface area contributed by atoms with Crippen molar-refractivity contribution < 1.29 is 80.6 Å². The van der Waals surface area contributed by atoms with Crippen LogP contribution in [-0.4, -0.2) is 177 Å². The largest absolute Gasteiger partial charge is 0.481 e. The second-order valence-corrected chi connectivity index (χ2v) is 9.46. The average molecular weight is 679 g/mol. The van der Waals surface area contributed by atoms with E-state index in [-0.39, 0.29) is 11.0 Å². The van der Waals surface area contributed by atoms with Crippen LogP contribution in [0.3, 0.4) is 0 Å². The smallest absolute Gasteiger partial charge is 0.336 e. The van der Waals surface area contributed by atoms with Crippen LogP contribution >= 0.6 is 0 Å². The molecule has 3 aliphatic heterocycles. The first kappa shape index (κ1) is 49.3. The highest BCUT2D eigenvalue weighted by Gasteiger charge is 2.41. The molecule has 3 fully saturated rings. The fraction of sp³-hybridized carbons (Fsp3) is 0.750. The summed E-state index contributed by atoms with van der Waals surface area (Å²) in [7, 11) is 0. The van der Waals surface area contributed by atoms with Crippen LogP contribution < -0.4 is 31.9 Å². The van der Waals surface area contributed by atoms with E-state index in [9.17, 15) is 28.8 Å². The van der Waals surface area contributed by atoms with Gasteiger partial charge >= 0.3 is 35.8 Å². The lowest BCUT2D eigenvalue weighted by atomic mass is 9.96. The molecule has 0 bridgehead atoms. The molecule has 272 valence electrons. The summed E-state index contributed by atoms with van der Waals surface area (Å²) in [6.45, 7) is 13.7. The van der Waals surface area contributed by atoms with E-state index in [1.165, 1.54) is 0 Å². The molecule has 0 aromatic carbocycles. The van der Waals surface area contributed by atoms with Gasteiger partial charge in [-0.3, -0.25) is 19.2 Å². The zero-order valence-electron chi connectivity index (χ0n) is 25.3. The van der Waals surface area contributed by atoms with Crippen LogP contribution in [0.4, 0.5) is 0 Å². The van der Waals surface area contributed by atoms with Crippen molar-refractivity contribution in [2.75, 3.05) is 78.5 Å². The molecule has 22 nitrogen and oxygen atoms in total. The maximum Gasteiger partial charge on any atom is 0.336 e. The third-order valence-electron chi connectivity index (χ3n) is 5.44. The SMILES string of the molecule is C1CNCCN1.C1CNCCN1.C1CNCCN1.O.O.O=C(O)CC(O)(CC(=O)O)C(=O)O.O=C(O)CC(O)(CC(=O)O)C(=O)O. The number of piperazine rings is 3. The van der Waals surface area contributed by atoms with E-state index in [1.807, 2.05) is 0 Å². The predicted octanol–water partition coefficient (Wildman–Crippen LogP) is -6.61. The van der Waals surface area contributed by atoms with Crippen molar-refractivity contribution in [3.05, 3.63) is 0 Å². The summed E-state index contributed by atoms with van der Waals surface area (Å²) in [5.41, 5.74) is -5.48. The van der Waals surface area contributed by atoms with Crippen molar-refractivity contribution in [1.82, 2.24) is 31.9 Å². The van der Waals surface area contributed by atoms with Crippen LogP contribution in [0.1, 0.15) is 25.7 Å². The Morgan fingerprint density at radius 1 is 0.370 bits per heavy atom. The Bertz CT molecular complexity index is 736. The normalized spacial score (nSPS) is 15.5. The lowest BCUT2D eigenvalue weighted by Gasteiger charge is -2.18. The van der Waals surface area contributed by atoms with Gasteiger partial charge in [0, 0.05) is 78.5 Å². The molecule has 0 aromatic heterocycles. The molecule has 3 saturated heterocycles. The van der Waals surface area contributed by atoms with Crippen molar-refractivity contribution in [2.24, 2.45) is 0 Å². The maximum absolute atomic E-state index is 10.3. The third-order valence-corrected chi connectivity index (χ3v) is 5.44. The Hall–Kier alpha value is -3.58. The molecule has 0 saturated carbocycles. The second kappa shape index (κ2) is 28.9. The molecule has 0 spiro atoms. The first-order valence-corrected chi connectivity index (χ1v) is 13.6. The van der Waals surface area contributed by atoms with Crippen molar-refractivity contribution in [2.45, 2.75) is 36.9 Å². The van der Waals surface area contributed by atoms with Crippen LogP contribution in [0, 0.1) is 0 Å². The first-order chi connectivity index (χ1) is 20.6. The molecule has 0 amide bonds. The predicted molar refractivity (Wildman–Crippen MR) is 159 cm³/mol. The van der Waals surface area contributed by atoms with Gasteiger partial charge in [-0.2, -0.15) is 0 Å². The first-order valence-electron chi connectivity index (χ1n) is 13.6. The number of rotatable bonds is 10. The quantitative estimate of drug-likeness (QED) is 0.102. The molecule has 3 rings (SSSR count). The van der Waals surface area contributed by atoms with Crippen molar-refractivity contribution in [1.29, 1.82) is 0 Å². The Morgan fingerprint density at radius 2 is 0.500 bits per heavy atom. The summed E-state index contributed by atoms with van der Waals surface area (Å²) in [6, 6.07) is 0. The molecular weight excluding hydrogens is 628 g/mol. The topological polar surface area (TPSA) is 399 Å². The number of hydrogen-bond donors (Lipinski definition) is 14. The van der Waals surface area contributed by atoms with Gasteiger partial charge in [0.05, 0.1) is 25.7 Å². The minimum atomic E-state index is -2.74. The monoisotopic (exact) mass is 678 g/mol. The summed E-state index contributed by atoms with van der Waals surface area (Å²) >= 11 is 0. The Labute approximate surface area is 264 Å². The lowest BCUT2D eigenvalue weighted by Crippen LogP contribution is -2.42. The molecule has 0 aliphatic carbocycles. The summed E-state index contributed by atoms with van der Waals surface area (Å²) in [5.74, 6) is -10.0. The number of aliphatic carboxylic acids is 6. The van der Waals surface area contributed by atoms with E-state index in [0.717, 1.165) is 78.5 Å². The fourth-order valence-electron chi connectivity index (χ4n) is 3.24. The highest BCUT2D eigenvalue weighted by atomic mass is 16.4. The maximum atomic E-state index is 10.3. The molecule has 3 aliphatic rings. The number of hydrogen-bond acceptors (Lipinski definition) is 14. The zero-order valence-corrected chi connectivity index (χ0v) is 25.3. The minimum absolute atomic E-state index is 0. The van der Waals surface area contributed by atoms with Gasteiger partial charge in [-0.15, -0.1) is 0 Å². The summed E-state index contributed by atoms with van der Waals surface area (Å²) < 4.78 is 0. The van der Waals surface area contributed by atoms with Gasteiger partial charge < -0.3 is 83.7 Å². The van der Waals surface area contributed by atoms with Crippen LogP contribution in [0.2, 0.25) is 0 Å². The molecule has 46 heavy (non-hydrogen) atoms. The molecular formula is C24H50N6O16. The fourth-order valence-corrected chi connectivity index (χ4v) is 3.24. The molecule has 3 heterocycles. The van der Waals surface area contributed by atoms with Gasteiger partial charge in [0.2, 0.25) is 0 Å². The zero-order chi connectivity index (χ0) is 34.0. The van der Waals surface area contributed by atoms with Crippen LogP contribution in [0.25, 0.3) is 0 Å². The van der Waals surface area contributed by atoms with Crippen LogP contribution in [-0.2, 0) is 28.8 Å². The number of carboxylic acid groups (broad SMARTS) is 6. The van der Waals surface area contributed by atoms with Gasteiger partial charge in [0.25, 0.3) is 0 Å². The highest BCUT2D eigenvalue weighted by Crippen LogP contribution is 2.16. The Morgan fingerprint density at radius 3 is 0.565 bits per heavy atom. The van der Waals surface area contributed by atoms with Crippen molar-refractivity contribution >= 4 is 35.8 Å². The van der Waals surface area contributed by atoms with Crippen LogP contribution in [0.5, 0.6) is 0 Å². The molecule has 18 N–H and O–H groups in total. The van der Waals surface area contributed by atoms with Crippen molar-refractivity contribution in [3.8, 4) is 0 Å². The minimum Gasteiger partial charge on any atom is -0.481 e. The van der Waals surface area contributed by atoms with E-state index in [1.54, 1.807) is 0 Å². The summed E-state index contributed by atoms with van der Waals surface area (Å²) in [6.07, 6.45) is -4.58. The van der Waals surface area contributed by atoms with Gasteiger partial charge in [0.1, 0.15) is 0 Å². The van der Waals surface area contributed by atoms with E-state index in [2.05, 4.69) is 31.9 Å². The lowest BCUT2D eigenvalue weighted by molar-refractivity contribution is -0.170. The van der Waals surface area contributed by atoms with Gasteiger partial charge in [-0.25, -0.2) is 9.59 Å². The van der Waals surface area contributed by atoms with Gasteiger partial charge in [-0.1, -0.05) is 0 Å². The standard InChI is InChI=1S/2C6H8O7.3C4H10N2.2H2O/c2*7-3(8)1-6(13,5(11)12)2-4(9)10;3*1-2-6-4-3-5-1;;/h2*13H,1-2H2,(H,7,8)(H,9,10)(H,11,12);3*5-6H,1-4H2;2*1H2. The molecule has 0 unspecified atom stereocenters. The Kier molecular flexibility index (Phi) is 30.9.